The van der Waals surface area contributed by atoms with Gasteiger partial charge in [0.05, 0.1) is 6.54 Å². The highest BCUT2D eigenvalue weighted by Gasteiger charge is 2.01. The minimum absolute atomic E-state index is 0.542. The van der Waals surface area contributed by atoms with Crippen molar-refractivity contribution in [3.63, 3.8) is 0 Å². The van der Waals surface area contributed by atoms with E-state index in [9.17, 15) is 0 Å². The van der Waals surface area contributed by atoms with Crippen LogP contribution in [0.4, 0.5) is 0 Å². The standard InChI is InChI=1S/C22H24N4/c23-14-19-7-5-17(6-8-19)3-4-18-9-11-21(12-10-18)22(24)26-16-20-2-1-13-25-15-20/h1-2,5-13,15H,3-4,14,16,23H2,(H2,24,26). The second-order valence-electron chi connectivity index (χ2n) is 6.28. The number of rotatable bonds is 7. The van der Waals surface area contributed by atoms with Crippen LogP contribution in [0.2, 0.25) is 0 Å². The van der Waals surface area contributed by atoms with Crippen molar-refractivity contribution in [2.45, 2.75) is 25.9 Å². The summed E-state index contributed by atoms with van der Waals surface area (Å²) in [6, 6.07) is 20.7. The van der Waals surface area contributed by atoms with Gasteiger partial charge in [0.15, 0.2) is 0 Å². The van der Waals surface area contributed by atoms with Crippen molar-refractivity contribution in [1.29, 1.82) is 0 Å². The first kappa shape index (κ1) is 17.8. The Morgan fingerprint density at radius 3 is 2.00 bits per heavy atom. The van der Waals surface area contributed by atoms with Gasteiger partial charge in [-0.05, 0) is 41.2 Å². The number of pyridine rings is 1. The Labute approximate surface area is 154 Å². The zero-order valence-corrected chi connectivity index (χ0v) is 14.8. The van der Waals surface area contributed by atoms with Gasteiger partial charge in [0.25, 0.3) is 0 Å². The Morgan fingerprint density at radius 2 is 1.42 bits per heavy atom. The second kappa shape index (κ2) is 8.92. The largest absolute Gasteiger partial charge is 0.383 e. The molecule has 26 heavy (non-hydrogen) atoms. The molecule has 4 heteroatoms. The van der Waals surface area contributed by atoms with Crippen LogP contribution in [0.15, 0.2) is 78.0 Å². The molecule has 132 valence electrons. The molecule has 0 saturated heterocycles. The number of nitrogens with two attached hydrogens (primary N) is 2. The highest BCUT2D eigenvalue weighted by Crippen LogP contribution is 2.11. The van der Waals surface area contributed by atoms with Gasteiger partial charge >= 0.3 is 0 Å². The average molecular weight is 344 g/mol. The highest BCUT2D eigenvalue weighted by atomic mass is 14.8. The molecule has 0 amide bonds. The fourth-order valence-electron chi connectivity index (χ4n) is 2.73. The molecule has 4 N–H and O–H groups in total. The van der Waals surface area contributed by atoms with E-state index in [-0.39, 0.29) is 0 Å². The molecule has 2 aromatic carbocycles. The Hall–Kier alpha value is -2.98. The van der Waals surface area contributed by atoms with Crippen LogP contribution in [0, 0.1) is 0 Å². The maximum absolute atomic E-state index is 6.10. The van der Waals surface area contributed by atoms with E-state index in [2.05, 4.69) is 46.4 Å². The molecule has 3 rings (SSSR count). The fraction of sp³-hybridized carbons (Fsp3) is 0.182. The minimum atomic E-state index is 0.542. The van der Waals surface area contributed by atoms with Crippen molar-refractivity contribution in [2.24, 2.45) is 16.5 Å². The number of amidine groups is 1. The topological polar surface area (TPSA) is 77.3 Å². The van der Waals surface area contributed by atoms with Crippen molar-refractivity contribution < 1.29 is 0 Å². The van der Waals surface area contributed by atoms with Crippen LogP contribution in [-0.4, -0.2) is 10.8 Å². The van der Waals surface area contributed by atoms with Gasteiger partial charge < -0.3 is 11.5 Å². The number of hydrogen-bond acceptors (Lipinski definition) is 3. The quantitative estimate of drug-likeness (QED) is 0.510. The molecule has 0 atom stereocenters. The van der Waals surface area contributed by atoms with E-state index < -0.39 is 0 Å². The van der Waals surface area contributed by atoms with Gasteiger partial charge in [-0.3, -0.25) is 9.98 Å². The first-order valence-corrected chi connectivity index (χ1v) is 8.80. The number of nitrogens with zero attached hydrogens (tertiary/aromatic N) is 2. The molecule has 0 aliphatic heterocycles. The van der Waals surface area contributed by atoms with Crippen LogP contribution in [0.25, 0.3) is 0 Å². The maximum Gasteiger partial charge on any atom is 0.125 e. The van der Waals surface area contributed by atoms with E-state index in [0.29, 0.717) is 18.9 Å². The van der Waals surface area contributed by atoms with Crippen LogP contribution in [0.5, 0.6) is 0 Å². The predicted molar refractivity (Wildman–Crippen MR) is 107 cm³/mol. The van der Waals surface area contributed by atoms with E-state index in [1.54, 1.807) is 12.4 Å². The Bertz CT molecular complexity index is 838. The summed E-state index contributed by atoms with van der Waals surface area (Å²) in [5.74, 6) is 0.553. The molecule has 0 radical (unpaired) electrons. The molecule has 0 bridgehead atoms. The minimum Gasteiger partial charge on any atom is -0.383 e. The highest BCUT2D eigenvalue weighted by molar-refractivity contribution is 5.97. The normalized spacial score (nSPS) is 11.5. The molecule has 0 fully saturated rings. The van der Waals surface area contributed by atoms with Gasteiger partial charge in [0.2, 0.25) is 0 Å². The molecule has 0 saturated carbocycles. The lowest BCUT2D eigenvalue weighted by molar-refractivity contribution is 0.955. The summed E-state index contributed by atoms with van der Waals surface area (Å²) in [5, 5.41) is 0. The van der Waals surface area contributed by atoms with Crippen molar-refractivity contribution in [1.82, 2.24) is 4.98 Å². The number of hydrogen-bond donors (Lipinski definition) is 2. The van der Waals surface area contributed by atoms with Gasteiger partial charge in [-0.25, -0.2) is 0 Å². The molecule has 0 spiro atoms. The third kappa shape index (κ3) is 5.01. The van der Waals surface area contributed by atoms with Crippen LogP contribution in [0.1, 0.15) is 27.8 Å². The smallest absolute Gasteiger partial charge is 0.125 e. The first-order chi connectivity index (χ1) is 12.7. The summed E-state index contributed by atoms with van der Waals surface area (Å²) in [5.41, 5.74) is 17.5. The Morgan fingerprint density at radius 1 is 0.808 bits per heavy atom. The third-order valence-electron chi connectivity index (χ3n) is 4.37. The predicted octanol–water partition coefficient (Wildman–Crippen LogP) is 3.23. The van der Waals surface area contributed by atoms with Crippen LogP contribution in [0.3, 0.4) is 0 Å². The Kier molecular flexibility index (Phi) is 6.12. The van der Waals surface area contributed by atoms with Gasteiger partial charge in [-0.15, -0.1) is 0 Å². The molecule has 4 nitrogen and oxygen atoms in total. The molecule has 0 unspecified atom stereocenters. The van der Waals surface area contributed by atoms with Gasteiger partial charge in [-0.1, -0.05) is 54.6 Å². The SMILES string of the molecule is NCc1ccc(CCc2ccc(C(N)=NCc3cccnc3)cc2)cc1. The molecule has 3 aromatic rings. The number of benzene rings is 2. The zero-order valence-electron chi connectivity index (χ0n) is 14.8. The summed E-state index contributed by atoms with van der Waals surface area (Å²) in [7, 11) is 0. The third-order valence-corrected chi connectivity index (χ3v) is 4.37. The van der Waals surface area contributed by atoms with E-state index in [4.69, 9.17) is 11.5 Å². The lowest BCUT2D eigenvalue weighted by atomic mass is 10.0. The first-order valence-electron chi connectivity index (χ1n) is 8.80. The van der Waals surface area contributed by atoms with E-state index >= 15 is 0 Å². The number of aliphatic imine (C=N–C) groups is 1. The summed E-state index contributed by atoms with van der Waals surface area (Å²) >= 11 is 0. The Balaban J connectivity index is 1.57. The van der Waals surface area contributed by atoms with E-state index in [0.717, 1.165) is 24.0 Å². The molecular weight excluding hydrogens is 320 g/mol. The van der Waals surface area contributed by atoms with Crippen LogP contribution < -0.4 is 11.5 Å². The lowest BCUT2D eigenvalue weighted by Gasteiger charge is -2.06. The molecule has 0 aliphatic rings. The van der Waals surface area contributed by atoms with Gasteiger partial charge in [0.1, 0.15) is 5.84 Å². The van der Waals surface area contributed by atoms with Gasteiger partial charge in [-0.2, -0.15) is 0 Å². The monoisotopic (exact) mass is 344 g/mol. The van der Waals surface area contributed by atoms with Crippen LogP contribution in [-0.2, 0) is 25.9 Å². The maximum atomic E-state index is 6.10. The van der Waals surface area contributed by atoms with Crippen molar-refractivity contribution in [3.8, 4) is 0 Å². The van der Waals surface area contributed by atoms with Crippen molar-refractivity contribution in [3.05, 3.63) is 101 Å². The fourth-order valence-corrected chi connectivity index (χ4v) is 2.73. The summed E-state index contributed by atoms with van der Waals surface area (Å²) < 4.78 is 0. The van der Waals surface area contributed by atoms with E-state index in [1.165, 1.54) is 16.7 Å². The lowest BCUT2D eigenvalue weighted by Crippen LogP contribution is -2.13. The van der Waals surface area contributed by atoms with E-state index in [1.807, 2.05) is 24.3 Å². The molecule has 1 heterocycles. The van der Waals surface area contributed by atoms with Crippen molar-refractivity contribution in [2.75, 3.05) is 0 Å². The summed E-state index contributed by atoms with van der Waals surface area (Å²) in [6.07, 6.45) is 5.56. The second-order valence-corrected chi connectivity index (χ2v) is 6.28. The van der Waals surface area contributed by atoms with Crippen LogP contribution >= 0.6 is 0 Å². The van der Waals surface area contributed by atoms with Gasteiger partial charge in [0, 0.05) is 24.5 Å². The summed E-state index contributed by atoms with van der Waals surface area (Å²) in [4.78, 5) is 8.53. The van der Waals surface area contributed by atoms with Crippen molar-refractivity contribution >= 4 is 5.84 Å². The average Bonchev–Trinajstić information content (AvgIpc) is 2.72. The molecule has 0 aliphatic carbocycles. The summed E-state index contributed by atoms with van der Waals surface area (Å²) in [6.45, 7) is 1.13. The number of aromatic nitrogens is 1. The molecule has 1 aromatic heterocycles. The molecular formula is C22H24N4. The zero-order chi connectivity index (χ0) is 18.2. The number of aryl methyl sites for hydroxylation is 2.